The molecule has 1 atom stereocenters. The maximum atomic E-state index is 13.8. The molecular formula is C11H15BrFN3. The average Bonchev–Trinajstić information content (AvgIpc) is 2.75. The Balaban J connectivity index is 2.25. The van der Waals surface area contributed by atoms with E-state index in [0.29, 0.717) is 16.3 Å². The lowest BCUT2D eigenvalue weighted by molar-refractivity contribution is 0.580. The van der Waals surface area contributed by atoms with E-state index in [0.717, 1.165) is 26.1 Å². The molecule has 0 aliphatic carbocycles. The van der Waals surface area contributed by atoms with Crippen molar-refractivity contribution in [1.82, 2.24) is 10.3 Å². The second kappa shape index (κ2) is 5.10. The normalized spacial score (nSPS) is 20.1. The zero-order valence-electron chi connectivity index (χ0n) is 9.21. The molecule has 0 amide bonds. The van der Waals surface area contributed by atoms with Crippen molar-refractivity contribution in [2.45, 2.75) is 19.4 Å². The summed E-state index contributed by atoms with van der Waals surface area (Å²) in [5.74, 6) is 0.197. The molecule has 0 aromatic carbocycles. The Bertz CT molecular complexity index is 366. The van der Waals surface area contributed by atoms with Crippen LogP contribution in [0.1, 0.15) is 13.3 Å². The number of aromatic nitrogens is 1. The molecule has 2 heterocycles. The second-order valence-corrected chi connectivity index (χ2v) is 4.81. The van der Waals surface area contributed by atoms with Gasteiger partial charge in [-0.25, -0.2) is 9.37 Å². The molecule has 5 heteroatoms. The van der Waals surface area contributed by atoms with Crippen LogP contribution in [0.2, 0.25) is 0 Å². The third-order valence-corrected chi connectivity index (χ3v) is 3.31. The van der Waals surface area contributed by atoms with Gasteiger partial charge in [0.25, 0.3) is 0 Å². The number of likely N-dealkylation sites (N-methyl/N-ethyl adjacent to an activating group) is 1. The number of hydrogen-bond acceptors (Lipinski definition) is 3. The van der Waals surface area contributed by atoms with Crippen LogP contribution in [0.3, 0.4) is 0 Å². The van der Waals surface area contributed by atoms with E-state index >= 15 is 0 Å². The van der Waals surface area contributed by atoms with Crippen LogP contribution in [0.5, 0.6) is 0 Å². The fraction of sp³-hybridized carbons (Fsp3) is 0.545. The first-order chi connectivity index (χ1) is 7.72. The Labute approximate surface area is 103 Å². The molecular weight excluding hydrogens is 273 g/mol. The number of anilines is 1. The van der Waals surface area contributed by atoms with E-state index < -0.39 is 0 Å². The molecule has 0 radical (unpaired) electrons. The van der Waals surface area contributed by atoms with E-state index in [1.54, 1.807) is 6.20 Å². The van der Waals surface area contributed by atoms with Gasteiger partial charge in [-0.1, -0.05) is 0 Å². The first kappa shape index (κ1) is 11.8. The SMILES string of the molecule is CCN(c1ncc(Br)cc1F)C1CCNC1. The van der Waals surface area contributed by atoms with Gasteiger partial charge in [0.05, 0.1) is 0 Å². The molecule has 2 rings (SSSR count). The largest absolute Gasteiger partial charge is 0.350 e. The third-order valence-electron chi connectivity index (χ3n) is 2.88. The summed E-state index contributed by atoms with van der Waals surface area (Å²) in [6, 6.07) is 1.82. The molecule has 3 nitrogen and oxygen atoms in total. The number of rotatable bonds is 3. The molecule has 0 bridgehead atoms. The predicted molar refractivity (Wildman–Crippen MR) is 66.2 cm³/mol. The zero-order chi connectivity index (χ0) is 11.5. The number of nitrogens with zero attached hydrogens (tertiary/aromatic N) is 2. The lowest BCUT2D eigenvalue weighted by atomic mass is 10.2. The molecule has 1 aromatic rings. The van der Waals surface area contributed by atoms with Gasteiger partial charge < -0.3 is 10.2 Å². The highest BCUT2D eigenvalue weighted by molar-refractivity contribution is 9.10. The highest BCUT2D eigenvalue weighted by Crippen LogP contribution is 2.23. The van der Waals surface area contributed by atoms with Crippen molar-refractivity contribution >= 4 is 21.7 Å². The van der Waals surface area contributed by atoms with Crippen LogP contribution in [0.4, 0.5) is 10.2 Å². The minimum absolute atomic E-state index is 0.261. The molecule has 88 valence electrons. The van der Waals surface area contributed by atoms with Crippen LogP contribution >= 0.6 is 15.9 Å². The molecule has 1 N–H and O–H groups in total. The summed E-state index contributed by atoms with van der Waals surface area (Å²) in [4.78, 5) is 6.20. The van der Waals surface area contributed by atoms with E-state index in [1.165, 1.54) is 6.07 Å². The standard InChI is InChI=1S/C11H15BrFN3/c1-2-16(9-3-4-14-7-9)11-10(13)5-8(12)6-15-11/h5-6,9,14H,2-4,7H2,1H3. The fourth-order valence-corrected chi connectivity index (χ4v) is 2.41. The van der Waals surface area contributed by atoms with Gasteiger partial charge in [-0.05, 0) is 41.9 Å². The van der Waals surface area contributed by atoms with Crippen molar-refractivity contribution in [2.24, 2.45) is 0 Å². The maximum absolute atomic E-state index is 13.8. The van der Waals surface area contributed by atoms with E-state index in [2.05, 4.69) is 26.2 Å². The summed E-state index contributed by atoms with van der Waals surface area (Å²) in [5.41, 5.74) is 0. The van der Waals surface area contributed by atoms with Crippen molar-refractivity contribution in [1.29, 1.82) is 0 Å². The second-order valence-electron chi connectivity index (χ2n) is 3.89. The molecule has 16 heavy (non-hydrogen) atoms. The van der Waals surface area contributed by atoms with Crippen molar-refractivity contribution in [3.05, 3.63) is 22.6 Å². The number of hydrogen-bond donors (Lipinski definition) is 1. The summed E-state index contributed by atoms with van der Waals surface area (Å²) in [7, 11) is 0. The van der Waals surface area contributed by atoms with Gasteiger partial charge in [-0.2, -0.15) is 0 Å². The molecule has 1 saturated heterocycles. The van der Waals surface area contributed by atoms with E-state index in [4.69, 9.17) is 0 Å². The van der Waals surface area contributed by atoms with Gasteiger partial charge in [-0.3, -0.25) is 0 Å². The van der Waals surface area contributed by atoms with E-state index in [9.17, 15) is 4.39 Å². The molecule has 1 unspecified atom stereocenters. The minimum atomic E-state index is -0.261. The van der Waals surface area contributed by atoms with Crippen LogP contribution < -0.4 is 10.2 Å². The van der Waals surface area contributed by atoms with Gasteiger partial charge in [0.2, 0.25) is 0 Å². The van der Waals surface area contributed by atoms with Crippen LogP contribution in [0.25, 0.3) is 0 Å². The lowest BCUT2D eigenvalue weighted by Gasteiger charge is -2.28. The Morgan fingerprint density at radius 1 is 1.69 bits per heavy atom. The van der Waals surface area contributed by atoms with Crippen molar-refractivity contribution in [2.75, 3.05) is 24.5 Å². The van der Waals surface area contributed by atoms with E-state index in [-0.39, 0.29) is 5.82 Å². The lowest BCUT2D eigenvalue weighted by Crippen LogP contribution is -2.37. The maximum Gasteiger partial charge on any atom is 0.166 e. The van der Waals surface area contributed by atoms with Crippen LogP contribution in [0, 0.1) is 5.82 Å². The van der Waals surface area contributed by atoms with Crippen LogP contribution in [-0.4, -0.2) is 30.7 Å². The summed E-state index contributed by atoms with van der Waals surface area (Å²) < 4.78 is 14.5. The molecule has 1 aliphatic rings. The van der Waals surface area contributed by atoms with Gasteiger partial charge in [0, 0.05) is 29.8 Å². The van der Waals surface area contributed by atoms with Gasteiger partial charge >= 0.3 is 0 Å². The monoisotopic (exact) mass is 287 g/mol. The Kier molecular flexibility index (Phi) is 3.76. The molecule has 1 fully saturated rings. The number of halogens is 2. The first-order valence-electron chi connectivity index (χ1n) is 5.50. The van der Waals surface area contributed by atoms with Gasteiger partial charge in [-0.15, -0.1) is 0 Å². The summed E-state index contributed by atoms with van der Waals surface area (Å²) in [6.45, 7) is 4.71. The average molecular weight is 288 g/mol. The van der Waals surface area contributed by atoms with Gasteiger partial charge in [0.1, 0.15) is 0 Å². The quantitative estimate of drug-likeness (QED) is 0.924. The number of pyridine rings is 1. The molecule has 1 aliphatic heterocycles. The van der Waals surface area contributed by atoms with Crippen molar-refractivity contribution < 1.29 is 4.39 Å². The topological polar surface area (TPSA) is 28.2 Å². The first-order valence-corrected chi connectivity index (χ1v) is 6.30. The fourth-order valence-electron chi connectivity index (χ4n) is 2.11. The third kappa shape index (κ3) is 2.35. The summed E-state index contributed by atoms with van der Waals surface area (Å²) >= 11 is 3.22. The van der Waals surface area contributed by atoms with Gasteiger partial charge in [0.15, 0.2) is 11.6 Å². The van der Waals surface area contributed by atoms with Crippen LogP contribution in [0.15, 0.2) is 16.7 Å². The summed E-state index contributed by atoms with van der Waals surface area (Å²) in [6.07, 6.45) is 2.69. The zero-order valence-corrected chi connectivity index (χ0v) is 10.8. The Morgan fingerprint density at radius 2 is 2.50 bits per heavy atom. The van der Waals surface area contributed by atoms with Crippen molar-refractivity contribution in [3.8, 4) is 0 Å². The van der Waals surface area contributed by atoms with Crippen LogP contribution in [-0.2, 0) is 0 Å². The minimum Gasteiger partial charge on any atom is -0.350 e. The van der Waals surface area contributed by atoms with E-state index in [1.807, 2.05) is 11.8 Å². The molecule has 0 saturated carbocycles. The summed E-state index contributed by atoms with van der Waals surface area (Å²) in [5, 5.41) is 3.29. The highest BCUT2D eigenvalue weighted by atomic mass is 79.9. The predicted octanol–water partition coefficient (Wildman–Crippen LogP) is 2.17. The number of nitrogens with one attached hydrogen (secondary N) is 1. The highest BCUT2D eigenvalue weighted by Gasteiger charge is 2.24. The smallest absolute Gasteiger partial charge is 0.166 e. The molecule has 0 spiro atoms. The Morgan fingerprint density at radius 3 is 3.06 bits per heavy atom. The van der Waals surface area contributed by atoms with Crippen molar-refractivity contribution in [3.63, 3.8) is 0 Å². The molecule has 1 aromatic heterocycles. The Hall–Kier alpha value is -0.680.